The average molecular weight is 515 g/mol. The van der Waals surface area contributed by atoms with E-state index < -0.39 is 0 Å². The third-order valence-corrected chi connectivity index (χ3v) is 6.86. The lowest BCUT2D eigenvalue weighted by Gasteiger charge is -2.31. The van der Waals surface area contributed by atoms with Crippen LogP contribution in [0.25, 0.3) is 0 Å². The van der Waals surface area contributed by atoms with Crippen LogP contribution in [0.15, 0.2) is 72.4 Å². The molecule has 38 heavy (non-hydrogen) atoms. The summed E-state index contributed by atoms with van der Waals surface area (Å²) in [6, 6.07) is 18.7. The van der Waals surface area contributed by atoms with Crippen molar-refractivity contribution in [3.8, 4) is 17.2 Å². The first-order valence-corrected chi connectivity index (χ1v) is 12.8. The number of anilines is 2. The molecular weight excluding hydrogens is 476 g/mol. The molecule has 1 aliphatic rings. The third-order valence-electron chi connectivity index (χ3n) is 6.86. The number of carbonyl (C=O) groups excluding carboxylic acids is 1. The Morgan fingerprint density at radius 3 is 1.71 bits per heavy atom. The standard InChI is InChI=1S/C32H38N2O4/c1-31(2,3)25-17-20(18-26(29(25)35)32(4,5)6)28-19-27(33-21-9-13-23(37-7)14-10-21)30(36)34(28)22-11-15-24(38-8)16-12-22/h9-19,28,33,35H,1-8H3/t28-/m0/s1. The van der Waals surface area contributed by atoms with E-state index in [0.29, 0.717) is 11.4 Å². The lowest BCUT2D eigenvalue weighted by molar-refractivity contribution is -0.114. The molecule has 200 valence electrons. The molecule has 3 aromatic carbocycles. The molecule has 1 amide bonds. The van der Waals surface area contributed by atoms with Gasteiger partial charge in [-0.05, 0) is 94.3 Å². The Bertz CT molecular complexity index is 1310. The van der Waals surface area contributed by atoms with Crippen molar-refractivity contribution in [2.45, 2.75) is 58.4 Å². The molecule has 2 N–H and O–H groups in total. The fraction of sp³-hybridized carbons (Fsp3) is 0.344. The lowest BCUT2D eigenvalue weighted by atomic mass is 9.77. The van der Waals surface area contributed by atoms with Crippen LogP contribution in [0, 0.1) is 0 Å². The summed E-state index contributed by atoms with van der Waals surface area (Å²) in [4.78, 5) is 15.7. The molecule has 0 saturated heterocycles. The average Bonchev–Trinajstić information content (AvgIpc) is 3.19. The van der Waals surface area contributed by atoms with Gasteiger partial charge < -0.3 is 19.9 Å². The number of aromatic hydroxyl groups is 1. The molecule has 3 aromatic rings. The molecule has 1 aliphatic heterocycles. The molecule has 0 aliphatic carbocycles. The van der Waals surface area contributed by atoms with Gasteiger partial charge in [0.05, 0.1) is 20.3 Å². The molecule has 4 rings (SSSR count). The molecule has 0 saturated carbocycles. The van der Waals surface area contributed by atoms with Crippen LogP contribution in [0.5, 0.6) is 17.2 Å². The lowest BCUT2D eigenvalue weighted by Crippen LogP contribution is -2.31. The van der Waals surface area contributed by atoms with E-state index in [0.717, 1.165) is 39.6 Å². The van der Waals surface area contributed by atoms with Gasteiger partial charge in [0.1, 0.15) is 22.9 Å². The Hall–Kier alpha value is -3.93. The molecule has 0 spiro atoms. The predicted octanol–water partition coefficient (Wildman–Crippen LogP) is 7.09. The van der Waals surface area contributed by atoms with Crippen LogP contribution >= 0.6 is 0 Å². The second kappa shape index (κ2) is 10.1. The van der Waals surface area contributed by atoms with E-state index in [1.165, 1.54) is 0 Å². The van der Waals surface area contributed by atoms with E-state index in [1.807, 2.05) is 66.7 Å². The van der Waals surface area contributed by atoms with Crippen LogP contribution in [0.1, 0.15) is 64.3 Å². The monoisotopic (exact) mass is 514 g/mol. The van der Waals surface area contributed by atoms with Crippen LogP contribution in [-0.2, 0) is 15.6 Å². The summed E-state index contributed by atoms with van der Waals surface area (Å²) in [5.41, 5.74) is 4.10. The van der Waals surface area contributed by atoms with Gasteiger partial charge >= 0.3 is 0 Å². The summed E-state index contributed by atoms with van der Waals surface area (Å²) in [7, 11) is 3.24. The zero-order valence-electron chi connectivity index (χ0n) is 23.5. The van der Waals surface area contributed by atoms with Gasteiger partial charge in [0, 0.05) is 11.4 Å². The quantitative estimate of drug-likeness (QED) is 0.368. The van der Waals surface area contributed by atoms with Crippen molar-refractivity contribution in [3.63, 3.8) is 0 Å². The fourth-order valence-electron chi connectivity index (χ4n) is 4.72. The number of phenols is 1. The number of nitrogens with one attached hydrogen (secondary N) is 1. The first-order valence-electron chi connectivity index (χ1n) is 12.8. The fourth-order valence-corrected chi connectivity index (χ4v) is 4.72. The Morgan fingerprint density at radius 1 is 0.789 bits per heavy atom. The van der Waals surface area contributed by atoms with Crippen molar-refractivity contribution >= 4 is 17.3 Å². The SMILES string of the molecule is COc1ccc(NC2=C[C@@H](c3cc(C(C)(C)C)c(O)c(C(C)(C)C)c3)N(c3ccc(OC)cc3)C2=O)cc1. The molecule has 1 heterocycles. The van der Waals surface area contributed by atoms with Gasteiger partial charge in [0.15, 0.2) is 0 Å². The highest BCUT2D eigenvalue weighted by atomic mass is 16.5. The smallest absolute Gasteiger partial charge is 0.275 e. The summed E-state index contributed by atoms with van der Waals surface area (Å²) in [5, 5.41) is 14.6. The Morgan fingerprint density at radius 2 is 1.26 bits per heavy atom. The van der Waals surface area contributed by atoms with Crippen LogP contribution in [0.3, 0.4) is 0 Å². The van der Waals surface area contributed by atoms with Gasteiger partial charge in [-0.2, -0.15) is 0 Å². The number of benzene rings is 3. The van der Waals surface area contributed by atoms with E-state index in [2.05, 4.69) is 46.9 Å². The number of carbonyl (C=O) groups is 1. The minimum absolute atomic E-state index is 0.140. The topological polar surface area (TPSA) is 71.0 Å². The summed E-state index contributed by atoms with van der Waals surface area (Å²) in [5.74, 6) is 1.64. The first-order chi connectivity index (χ1) is 17.8. The summed E-state index contributed by atoms with van der Waals surface area (Å²) in [6.07, 6.45) is 1.96. The van der Waals surface area contributed by atoms with Crippen molar-refractivity contribution in [3.05, 3.63) is 89.1 Å². The second-order valence-electron chi connectivity index (χ2n) is 11.7. The van der Waals surface area contributed by atoms with Crippen LogP contribution in [0.4, 0.5) is 11.4 Å². The van der Waals surface area contributed by atoms with E-state index in [1.54, 1.807) is 19.1 Å². The predicted molar refractivity (Wildman–Crippen MR) is 153 cm³/mol. The number of hydrogen-bond acceptors (Lipinski definition) is 5. The Balaban J connectivity index is 1.86. The van der Waals surface area contributed by atoms with Gasteiger partial charge in [0.25, 0.3) is 5.91 Å². The number of nitrogens with zero attached hydrogens (tertiary/aromatic N) is 1. The maximum Gasteiger partial charge on any atom is 0.275 e. The van der Waals surface area contributed by atoms with Gasteiger partial charge in [-0.3, -0.25) is 9.69 Å². The highest BCUT2D eigenvalue weighted by Crippen LogP contribution is 2.44. The molecule has 6 nitrogen and oxygen atoms in total. The minimum Gasteiger partial charge on any atom is -0.507 e. The van der Waals surface area contributed by atoms with Gasteiger partial charge in [0.2, 0.25) is 0 Å². The largest absolute Gasteiger partial charge is 0.507 e. The molecule has 0 bridgehead atoms. The summed E-state index contributed by atoms with van der Waals surface area (Å²) < 4.78 is 10.6. The Labute approximate surface area is 225 Å². The first kappa shape index (κ1) is 27.1. The Kier molecular flexibility index (Phi) is 7.20. The van der Waals surface area contributed by atoms with Gasteiger partial charge in [-0.25, -0.2) is 0 Å². The summed E-state index contributed by atoms with van der Waals surface area (Å²) in [6.45, 7) is 12.5. The molecular formula is C32H38N2O4. The van der Waals surface area contributed by atoms with Crippen molar-refractivity contribution in [2.24, 2.45) is 0 Å². The molecule has 1 atom stereocenters. The number of rotatable bonds is 6. The van der Waals surface area contributed by atoms with Gasteiger partial charge in [-0.15, -0.1) is 0 Å². The normalized spacial score (nSPS) is 15.9. The number of methoxy groups -OCH3 is 2. The van der Waals surface area contributed by atoms with E-state index in [-0.39, 0.29) is 22.8 Å². The maximum atomic E-state index is 13.9. The van der Waals surface area contributed by atoms with Crippen molar-refractivity contribution in [2.75, 3.05) is 24.4 Å². The van der Waals surface area contributed by atoms with E-state index in [4.69, 9.17) is 9.47 Å². The van der Waals surface area contributed by atoms with Crippen molar-refractivity contribution in [1.82, 2.24) is 0 Å². The molecule has 0 aromatic heterocycles. The minimum atomic E-state index is -0.376. The van der Waals surface area contributed by atoms with E-state index in [9.17, 15) is 9.90 Å². The third kappa shape index (κ3) is 5.35. The zero-order valence-corrected chi connectivity index (χ0v) is 23.5. The van der Waals surface area contributed by atoms with Crippen LogP contribution in [0.2, 0.25) is 0 Å². The number of amides is 1. The maximum absolute atomic E-state index is 13.9. The zero-order chi connectivity index (χ0) is 27.8. The summed E-state index contributed by atoms with van der Waals surface area (Å²) >= 11 is 0. The van der Waals surface area contributed by atoms with Crippen molar-refractivity contribution < 1.29 is 19.4 Å². The number of phenolic OH excluding ortho intramolecular Hbond substituents is 1. The van der Waals surface area contributed by atoms with Crippen molar-refractivity contribution in [1.29, 1.82) is 0 Å². The number of ether oxygens (including phenoxy) is 2. The van der Waals surface area contributed by atoms with E-state index >= 15 is 0 Å². The molecule has 0 radical (unpaired) electrons. The molecule has 6 heteroatoms. The van der Waals surface area contributed by atoms with Gasteiger partial charge in [-0.1, -0.05) is 41.5 Å². The molecule has 0 unspecified atom stereocenters. The van der Waals surface area contributed by atoms with Crippen LogP contribution in [-0.4, -0.2) is 25.2 Å². The highest BCUT2D eigenvalue weighted by Gasteiger charge is 2.37. The molecule has 0 fully saturated rings. The second-order valence-corrected chi connectivity index (χ2v) is 11.7. The highest BCUT2D eigenvalue weighted by molar-refractivity contribution is 6.11. The number of hydrogen-bond donors (Lipinski definition) is 2. The van der Waals surface area contributed by atoms with Crippen LogP contribution < -0.4 is 19.7 Å².